The topological polar surface area (TPSA) is 122 Å². The quantitative estimate of drug-likeness (QED) is 0.648. The third kappa shape index (κ3) is 3.47. The van der Waals surface area contributed by atoms with E-state index in [2.05, 4.69) is 0 Å². The molecule has 3 N–H and O–H groups in total. The Kier molecular flexibility index (Phi) is 5.42. The number of nitrogens with one attached hydrogen (secondary N) is 3. The van der Waals surface area contributed by atoms with Gasteiger partial charge in [-0.3, -0.25) is 23.9 Å². The first-order valence-corrected chi connectivity index (χ1v) is 9.15. The Morgan fingerprint density at radius 1 is 1.23 bits per heavy atom. The number of ether oxygens (including phenoxy) is 1. The molecule has 1 aromatic heterocycles. The summed E-state index contributed by atoms with van der Waals surface area (Å²) in [7, 11) is 1.22. The number of halogens is 3. The van der Waals surface area contributed by atoms with Crippen molar-refractivity contribution in [2.24, 2.45) is 5.92 Å². The number of hydrogen-bond acceptors (Lipinski definition) is 5. The van der Waals surface area contributed by atoms with Gasteiger partial charge in [0.25, 0.3) is 22.9 Å². The maximum atomic E-state index is 14.3. The van der Waals surface area contributed by atoms with Crippen LogP contribution in [0, 0.1) is 5.92 Å². The number of methoxy groups -OCH3 is 1. The summed E-state index contributed by atoms with van der Waals surface area (Å²) in [4.78, 5) is 51.9. The molecule has 0 unspecified atom stereocenters. The molecule has 0 spiro atoms. The number of alkyl halides is 3. The molecule has 0 radical (unpaired) electrons. The first-order valence-electron chi connectivity index (χ1n) is 9.15. The smallest absolute Gasteiger partial charge is 0.425 e. The number of fused-ring (bicyclic) bond motifs is 1. The lowest BCUT2D eigenvalue weighted by atomic mass is 9.91. The third-order valence-electron chi connectivity index (χ3n) is 4.77. The van der Waals surface area contributed by atoms with E-state index in [1.807, 2.05) is 10.3 Å². The van der Waals surface area contributed by atoms with Gasteiger partial charge < -0.3 is 15.4 Å². The van der Waals surface area contributed by atoms with Crippen LogP contribution in [0.2, 0.25) is 0 Å². The number of amides is 2. The number of nitrogens with zero attached hydrogens (tertiary/aromatic N) is 1. The second-order valence-electron chi connectivity index (χ2n) is 7.34. The van der Waals surface area contributed by atoms with Gasteiger partial charge in [0.15, 0.2) is 0 Å². The number of hydrogen-bond donors (Lipinski definition) is 3. The molecule has 2 amide bonds. The summed E-state index contributed by atoms with van der Waals surface area (Å²) in [6, 6.07) is 5.45. The van der Waals surface area contributed by atoms with Gasteiger partial charge in [0, 0.05) is 6.54 Å². The molecule has 2 heterocycles. The third-order valence-corrected chi connectivity index (χ3v) is 4.77. The zero-order valence-electron chi connectivity index (χ0n) is 16.7. The summed E-state index contributed by atoms with van der Waals surface area (Å²) in [5.74, 6) is -3.83. The van der Waals surface area contributed by atoms with Crippen molar-refractivity contribution in [2.75, 3.05) is 12.4 Å². The minimum Gasteiger partial charge on any atom is -0.496 e. The lowest BCUT2D eigenvalue weighted by Gasteiger charge is -2.30. The highest BCUT2D eigenvalue weighted by Gasteiger charge is 2.68. The largest absolute Gasteiger partial charge is 0.496 e. The van der Waals surface area contributed by atoms with Crippen molar-refractivity contribution >= 4 is 17.6 Å². The molecule has 12 heteroatoms. The second kappa shape index (κ2) is 7.60. The van der Waals surface area contributed by atoms with Crippen LogP contribution in [0.5, 0.6) is 5.75 Å². The highest BCUT2D eigenvalue weighted by molar-refractivity contribution is 6.09. The number of rotatable bonds is 5. The number of benzene rings is 1. The van der Waals surface area contributed by atoms with E-state index in [0.29, 0.717) is 0 Å². The maximum Gasteiger partial charge on any atom is 0.425 e. The molecule has 0 bridgehead atoms. The summed E-state index contributed by atoms with van der Waals surface area (Å²) in [5.41, 5.74) is -7.50. The molecule has 0 saturated heterocycles. The fourth-order valence-electron chi connectivity index (χ4n) is 3.43. The summed E-state index contributed by atoms with van der Waals surface area (Å²) in [6.07, 6.45) is -5.41. The van der Waals surface area contributed by atoms with Gasteiger partial charge in [-0.15, -0.1) is 0 Å². The first kappa shape index (κ1) is 22.1. The van der Waals surface area contributed by atoms with E-state index >= 15 is 0 Å². The minimum absolute atomic E-state index is 0.0327. The average Bonchev–Trinajstić information content (AvgIpc) is 2.98. The highest BCUT2D eigenvalue weighted by atomic mass is 19.4. The number of para-hydroxylation sites is 1. The van der Waals surface area contributed by atoms with Crippen LogP contribution in [0.3, 0.4) is 0 Å². The van der Waals surface area contributed by atoms with Gasteiger partial charge in [-0.25, -0.2) is 4.79 Å². The van der Waals surface area contributed by atoms with E-state index in [1.54, 1.807) is 19.2 Å². The Hall–Kier alpha value is -3.57. The van der Waals surface area contributed by atoms with Crippen molar-refractivity contribution in [3.05, 3.63) is 56.2 Å². The molecule has 0 aliphatic carbocycles. The van der Waals surface area contributed by atoms with Crippen LogP contribution < -0.4 is 26.6 Å². The number of carbonyl (C=O) groups is 2. The van der Waals surface area contributed by atoms with Gasteiger partial charge in [0.1, 0.15) is 17.1 Å². The molecule has 1 aliphatic rings. The normalized spacial score (nSPS) is 18.0. The van der Waals surface area contributed by atoms with Crippen LogP contribution in [-0.2, 0) is 16.9 Å². The Morgan fingerprint density at radius 3 is 2.45 bits per heavy atom. The summed E-state index contributed by atoms with van der Waals surface area (Å²) >= 11 is 0. The van der Waals surface area contributed by atoms with Crippen LogP contribution in [-0.4, -0.2) is 34.7 Å². The molecule has 2 aromatic rings. The van der Waals surface area contributed by atoms with Gasteiger partial charge in [-0.05, 0) is 18.1 Å². The van der Waals surface area contributed by atoms with Crippen molar-refractivity contribution in [2.45, 2.75) is 32.1 Å². The van der Waals surface area contributed by atoms with Crippen LogP contribution in [0.4, 0.5) is 19.0 Å². The van der Waals surface area contributed by atoms with Gasteiger partial charge >= 0.3 is 11.9 Å². The monoisotopic (exact) mass is 440 g/mol. The Balaban J connectivity index is 2.26. The summed E-state index contributed by atoms with van der Waals surface area (Å²) < 4.78 is 48.8. The van der Waals surface area contributed by atoms with E-state index in [0.717, 1.165) is 4.57 Å². The molecule has 1 aromatic carbocycles. The molecule has 31 heavy (non-hydrogen) atoms. The van der Waals surface area contributed by atoms with E-state index in [-0.39, 0.29) is 23.8 Å². The molecular weight excluding hydrogens is 421 g/mol. The zero-order valence-corrected chi connectivity index (χ0v) is 16.7. The maximum absolute atomic E-state index is 14.3. The number of H-pyrrole nitrogens is 1. The number of aromatic nitrogens is 2. The van der Waals surface area contributed by atoms with E-state index < -0.39 is 46.2 Å². The zero-order chi connectivity index (χ0) is 23.1. The van der Waals surface area contributed by atoms with Crippen molar-refractivity contribution < 1.29 is 27.5 Å². The molecule has 0 saturated carbocycles. The van der Waals surface area contributed by atoms with Crippen LogP contribution >= 0.6 is 0 Å². The summed E-state index contributed by atoms with van der Waals surface area (Å²) in [5, 5.41) is 3.65. The predicted octanol–water partition coefficient (Wildman–Crippen LogP) is 1.34. The van der Waals surface area contributed by atoms with Gasteiger partial charge in [0.2, 0.25) is 0 Å². The van der Waals surface area contributed by atoms with E-state index in [9.17, 15) is 32.3 Å². The summed E-state index contributed by atoms with van der Waals surface area (Å²) in [6.45, 7) is 3.31. The van der Waals surface area contributed by atoms with Crippen LogP contribution in [0.15, 0.2) is 33.9 Å². The number of carbonyl (C=O) groups excluding carboxylic acids is 2. The van der Waals surface area contributed by atoms with Crippen molar-refractivity contribution in [3.63, 3.8) is 0 Å². The van der Waals surface area contributed by atoms with Crippen LogP contribution in [0.1, 0.15) is 29.8 Å². The van der Waals surface area contributed by atoms with Crippen LogP contribution in [0.25, 0.3) is 0 Å². The molecule has 9 nitrogen and oxygen atoms in total. The number of aromatic amines is 1. The molecule has 0 fully saturated rings. The molecule has 166 valence electrons. The Bertz CT molecular complexity index is 1170. The minimum atomic E-state index is -5.41. The SMILES string of the molecule is COc1ccccc1C(=O)N[C@@]1(C(F)(F)F)C(=O)Nc2c1c(=O)[nH]c(=O)n2CC(C)C. The van der Waals surface area contributed by atoms with E-state index in [4.69, 9.17) is 4.74 Å². The highest BCUT2D eigenvalue weighted by Crippen LogP contribution is 2.45. The van der Waals surface area contributed by atoms with Gasteiger partial charge in [-0.2, -0.15) is 13.2 Å². The predicted molar refractivity (Wildman–Crippen MR) is 103 cm³/mol. The van der Waals surface area contributed by atoms with Crippen molar-refractivity contribution in [3.8, 4) is 5.75 Å². The molecule has 3 rings (SSSR count). The lowest BCUT2D eigenvalue weighted by Crippen LogP contribution is -2.62. The second-order valence-corrected chi connectivity index (χ2v) is 7.34. The van der Waals surface area contributed by atoms with Crippen molar-refractivity contribution in [1.29, 1.82) is 0 Å². The Labute approximate surface area is 173 Å². The standard InChI is InChI=1S/C19H19F3N4O5/c1-9(2)8-26-13-12(15(28)24-17(26)30)18(16(29)23-13,19(20,21)22)25-14(27)10-6-4-5-7-11(10)31-3/h4-7,9H,8H2,1-3H3,(H,23,29)(H,25,27)(H,24,28,30)/t18-/m1/s1. The molecular formula is C19H19F3N4O5. The van der Waals surface area contributed by atoms with Gasteiger partial charge in [-0.1, -0.05) is 26.0 Å². The fraction of sp³-hybridized carbons (Fsp3) is 0.368. The fourth-order valence-corrected chi connectivity index (χ4v) is 3.43. The Morgan fingerprint density at radius 2 is 1.87 bits per heavy atom. The number of anilines is 1. The van der Waals surface area contributed by atoms with Crippen molar-refractivity contribution in [1.82, 2.24) is 14.9 Å². The molecule has 1 aliphatic heterocycles. The van der Waals surface area contributed by atoms with E-state index in [1.165, 1.54) is 31.4 Å². The average molecular weight is 440 g/mol. The molecule has 1 atom stereocenters. The lowest BCUT2D eigenvalue weighted by molar-refractivity contribution is -0.196. The first-order chi connectivity index (χ1) is 14.4. The van der Waals surface area contributed by atoms with Gasteiger partial charge in [0.05, 0.1) is 12.7 Å².